The molecule has 0 heterocycles. The molecule has 0 atom stereocenters. The van der Waals surface area contributed by atoms with Crippen molar-refractivity contribution in [2.75, 3.05) is 0 Å². The van der Waals surface area contributed by atoms with Gasteiger partial charge < -0.3 is 5.11 Å². The minimum absolute atomic E-state index is 0.284. The van der Waals surface area contributed by atoms with Crippen molar-refractivity contribution in [3.63, 3.8) is 0 Å². The summed E-state index contributed by atoms with van der Waals surface area (Å²) in [7, 11) is 0. The van der Waals surface area contributed by atoms with Crippen molar-refractivity contribution in [3.8, 4) is 5.75 Å². The molecule has 0 saturated heterocycles. The molecule has 0 fully saturated rings. The maximum Gasteiger partial charge on any atom is 0.122 e. The Morgan fingerprint density at radius 3 is 1.37 bits per heavy atom. The molecule has 0 saturated carbocycles. The highest BCUT2D eigenvalue weighted by Crippen LogP contribution is 2.36. The Morgan fingerprint density at radius 2 is 0.935 bits per heavy atom. The number of rotatable bonds is 16. The molecule has 0 aromatic heterocycles. The molecule has 0 aliphatic carbocycles. The minimum Gasteiger partial charge on any atom is -0.507 e. The lowest BCUT2D eigenvalue weighted by molar-refractivity contribution is 0.456. The molecular weight excluding hydrogens is 556 g/mol. The fourth-order valence-electron chi connectivity index (χ4n) is 7.24. The number of hydrogen-bond acceptors (Lipinski definition) is 1. The fourth-order valence-corrected chi connectivity index (χ4v) is 7.24. The quantitative estimate of drug-likeness (QED) is 0.133. The van der Waals surface area contributed by atoms with Crippen LogP contribution in [-0.4, -0.2) is 5.11 Å². The summed E-state index contributed by atoms with van der Waals surface area (Å²) in [4.78, 5) is 0. The average molecular weight is 617 g/mol. The minimum atomic E-state index is 0.284. The first-order valence-electron chi connectivity index (χ1n) is 18.3. The first-order chi connectivity index (χ1) is 22.2. The second-order valence-electron chi connectivity index (χ2n) is 14.1. The molecule has 1 nitrogen and oxygen atoms in total. The zero-order chi connectivity index (χ0) is 33.2. The summed E-state index contributed by atoms with van der Waals surface area (Å²) >= 11 is 0. The smallest absolute Gasteiger partial charge is 0.122 e. The maximum absolute atomic E-state index is 11.2. The van der Waals surface area contributed by atoms with Crippen LogP contribution in [0.1, 0.15) is 151 Å². The fraction of sp³-hybridized carbons (Fsp3) is 0.467. The highest BCUT2D eigenvalue weighted by Gasteiger charge is 2.20. The molecule has 246 valence electrons. The summed E-state index contributed by atoms with van der Waals surface area (Å²) in [6.45, 7) is 18.3. The number of aryl methyl sites for hydroxylation is 3. The third-order valence-electron chi connectivity index (χ3n) is 10.2. The molecular formula is C45H60O. The summed E-state index contributed by atoms with van der Waals surface area (Å²) in [5, 5.41) is 11.2. The third-order valence-corrected chi connectivity index (χ3v) is 10.2. The van der Waals surface area contributed by atoms with Crippen molar-refractivity contribution in [2.45, 2.75) is 138 Å². The first-order valence-corrected chi connectivity index (χ1v) is 18.3. The van der Waals surface area contributed by atoms with Gasteiger partial charge in [-0.3, -0.25) is 0 Å². The van der Waals surface area contributed by atoms with Crippen LogP contribution in [0.5, 0.6) is 5.75 Å². The third kappa shape index (κ3) is 8.93. The topological polar surface area (TPSA) is 20.2 Å². The Morgan fingerprint density at radius 1 is 0.522 bits per heavy atom. The average Bonchev–Trinajstić information content (AvgIpc) is 3.05. The zero-order valence-electron chi connectivity index (χ0n) is 30.3. The van der Waals surface area contributed by atoms with E-state index in [1.165, 1.54) is 86.9 Å². The van der Waals surface area contributed by atoms with Gasteiger partial charge >= 0.3 is 0 Å². The summed E-state index contributed by atoms with van der Waals surface area (Å²) in [6, 6.07) is 23.2. The second-order valence-corrected chi connectivity index (χ2v) is 14.1. The molecule has 0 unspecified atom stereocenters. The lowest BCUT2D eigenvalue weighted by Crippen LogP contribution is -2.10. The predicted molar refractivity (Wildman–Crippen MR) is 200 cm³/mol. The number of phenolic OH excluding ortho intramolecular Hbond substituents is 1. The van der Waals surface area contributed by atoms with Gasteiger partial charge in [-0.25, -0.2) is 0 Å². The summed E-state index contributed by atoms with van der Waals surface area (Å²) in [5.74, 6) is 0.795. The van der Waals surface area contributed by atoms with Crippen molar-refractivity contribution >= 4 is 0 Å². The van der Waals surface area contributed by atoms with Gasteiger partial charge in [0.05, 0.1) is 0 Å². The van der Waals surface area contributed by atoms with Crippen LogP contribution in [0.25, 0.3) is 0 Å². The van der Waals surface area contributed by atoms with Crippen LogP contribution in [0.15, 0.2) is 60.7 Å². The molecule has 4 rings (SSSR count). The van der Waals surface area contributed by atoms with Crippen LogP contribution < -0.4 is 0 Å². The van der Waals surface area contributed by atoms with Crippen LogP contribution in [0, 0.1) is 20.8 Å². The van der Waals surface area contributed by atoms with Crippen LogP contribution in [0.4, 0.5) is 0 Å². The van der Waals surface area contributed by atoms with E-state index < -0.39 is 0 Å². The number of unbranched alkanes of at least 4 members (excludes halogenated alkanes) is 3. The summed E-state index contributed by atoms with van der Waals surface area (Å²) in [5.41, 5.74) is 18.0. The van der Waals surface area contributed by atoms with Crippen molar-refractivity contribution in [3.05, 3.63) is 133 Å². The van der Waals surface area contributed by atoms with E-state index in [0.29, 0.717) is 5.75 Å². The standard InChI is InChI=1S/C45H60O/c1-9-12-17-35-19-15-21-37(24-35)27-42-32(6)43(28-38-22-16-20-36(25-38)18-13-10-2)34(8)44(33(42)7)30-39-26-40(23-14-11-3)45(46)41(29-39)31(4)5/h15-16,19-22,24-26,29,31,46H,9-14,17-18,23,27-28,30H2,1-8H3. The van der Waals surface area contributed by atoms with E-state index in [0.717, 1.165) is 62.5 Å². The molecule has 0 amide bonds. The SMILES string of the molecule is CCCCc1cccc(Cc2c(C)c(Cc3cccc(CCCC)c3)c(C)c(Cc3cc(CCCC)c(O)c(C(C)C)c3)c2C)c1. The molecule has 0 bridgehead atoms. The molecule has 4 aromatic rings. The Balaban J connectivity index is 1.83. The molecule has 0 aliphatic heterocycles. The van der Waals surface area contributed by atoms with Gasteiger partial charge in [0.2, 0.25) is 0 Å². The van der Waals surface area contributed by atoms with Crippen molar-refractivity contribution in [1.82, 2.24) is 0 Å². The van der Waals surface area contributed by atoms with Gasteiger partial charge in [-0.1, -0.05) is 115 Å². The van der Waals surface area contributed by atoms with Gasteiger partial charge in [0.15, 0.2) is 0 Å². The van der Waals surface area contributed by atoms with Gasteiger partial charge in [0, 0.05) is 0 Å². The van der Waals surface area contributed by atoms with E-state index in [9.17, 15) is 5.11 Å². The number of benzene rings is 4. The Labute approximate surface area is 281 Å². The van der Waals surface area contributed by atoms with Crippen molar-refractivity contribution < 1.29 is 5.11 Å². The van der Waals surface area contributed by atoms with Gasteiger partial charge in [-0.05, 0) is 157 Å². The molecule has 1 heteroatoms. The van der Waals surface area contributed by atoms with E-state index in [2.05, 4.69) is 116 Å². The maximum atomic E-state index is 11.2. The molecule has 46 heavy (non-hydrogen) atoms. The van der Waals surface area contributed by atoms with E-state index in [1.807, 2.05) is 0 Å². The summed E-state index contributed by atoms with van der Waals surface area (Å²) < 4.78 is 0. The van der Waals surface area contributed by atoms with Crippen LogP contribution in [0.2, 0.25) is 0 Å². The molecule has 1 N–H and O–H groups in total. The van der Waals surface area contributed by atoms with Crippen molar-refractivity contribution in [2.24, 2.45) is 0 Å². The lowest BCUT2D eigenvalue weighted by Gasteiger charge is -2.24. The van der Waals surface area contributed by atoms with Crippen LogP contribution >= 0.6 is 0 Å². The molecule has 0 radical (unpaired) electrons. The lowest BCUT2D eigenvalue weighted by atomic mass is 9.81. The zero-order valence-corrected chi connectivity index (χ0v) is 30.3. The van der Waals surface area contributed by atoms with E-state index in [4.69, 9.17) is 0 Å². The molecule has 0 aliphatic rings. The van der Waals surface area contributed by atoms with Gasteiger partial charge in [0.1, 0.15) is 5.75 Å². The van der Waals surface area contributed by atoms with Gasteiger partial charge in [0.25, 0.3) is 0 Å². The number of aromatic hydroxyl groups is 1. The highest BCUT2D eigenvalue weighted by atomic mass is 16.3. The van der Waals surface area contributed by atoms with Gasteiger partial charge in [-0.15, -0.1) is 0 Å². The van der Waals surface area contributed by atoms with Crippen LogP contribution in [0.3, 0.4) is 0 Å². The first kappa shape index (κ1) is 35.5. The van der Waals surface area contributed by atoms with Crippen LogP contribution in [-0.2, 0) is 38.5 Å². The highest BCUT2D eigenvalue weighted by molar-refractivity contribution is 5.56. The Hall–Kier alpha value is -3.32. The Bertz CT molecular complexity index is 1510. The molecule has 4 aromatic carbocycles. The number of phenols is 1. The van der Waals surface area contributed by atoms with Crippen molar-refractivity contribution in [1.29, 1.82) is 0 Å². The monoisotopic (exact) mass is 616 g/mol. The normalized spacial score (nSPS) is 11.5. The molecule has 0 spiro atoms. The van der Waals surface area contributed by atoms with Gasteiger partial charge in [-0.2, -0.15) is 0 Å². The number of hydrogen-bond donors (Lipinski definition) is 1. The van der Waals surface area contributed by atoms with E-state index in [-0.39, 0.29) is 5.92 Å². The van der Waals surface area contributed by atoms with E-state index in [1.54, 1.807) is 0 Å². The largest absolute Gasteiger partial charge is 0.507 e. The second kappa shape index (κ2) is 17.0. The predicted octanol–water partition coefficient (Wildman–Crippen LogP) is 12.2. The van der Waals surface area contributed by atoms with E-state index >= 15 is 0 Å². The Kier molecular flexibility index (Phi) is 13.1. The summed E-state index contributed by atoms with van der Waals surface area (Å²) in [6.07, 6.45) is 13.2.